The maximum Gasteiger partial charge on any atom is 0.236 e. The number of thioether (sulfide) groups is 1. The lowest BCUT2D eigenvalue weighted by molar-refractivity contribution is -0.113. The van der Waals surface area contributed by atoms with Gasteiger partial charge in [-0.15, -0.1) is 11.3 Å². The molecule has 0 saturated carbocycles. The molecule has 8 heteroatoms. The van der Waals surface area contributed by atoms with E-state index in [0.29, 0.717) is 16.7 Å². The summed E-state index contributed by atoms with van der Waals surface area (Å²) in [4.78, 5) is 25.9. The lowest BCUT2D eigenvalue weighted by Gasteiger charge is -2.03. The molecule has 0 aliphatic carbocycles. The van der Waals surface area contributed by atoms with Gasteiger partial charge in [0.15, 0.2) is 10.3 Å². The first kappa shape index (κ1) is 18.5. The number of carbonyl (C=O) groups is 1. The molecule has 2 heterocycles. The van der Waals surface area contributed by atoms with Crippen molar-refractivity contribution >= 4 is 34.1 Å². The summed E-state index contributed by atoms with van der Waals surface area (Å²) in [7, 11) is 0. The Kier molecular flexibility index (Phi) is 5.95. The van der Waals surface area contributed by atoms with Crippen LogP contribution in [0.1, 0.15) is 21.8 Å². The number of carbonyl (C=O) groups excluding carboxylic acids is 1. The van der Waals surface area contributed by atoms with Crippen molar-refractivity contribution in [3.05, 3.63) is 64.2 Å². The Morgan fingerprint density at radius 1 is 1.19 bits per heavy atom. The number of aryl methyl sites for hydroxylation is 2. The zero-order valence-electron chi connectivity index (χ0n) is 14.3. The average molecular weight is 388 g/mol. The van der Waals surface area contributed by atoms with Crippen LogP contribution < -0.4 is 5.32 Å². The van der Waals surface area contributed by atoms with Gasteiger partial charge in [0.2, 0.25) is 5.91 Å². The number of benzene rings is 1. The van der Waals surface area contributed by atoms with E-state index in [1.165, 1.54) is 35.2 Å². The molecule has 26 heavy (non-hydrogen) atoms. The van der Waals surface area contributed by atoms with Gasteiger partial charge in [0.25, 0.3) is 0 Å². The van der Waals surface area contributed by atoms with Crippen molar-refractivity contribution in [2.45, 2.75) is 25.4 Å². The fourth-order valence-electron chi connectivity index (χ4n) is 2.29. The van der Waals surface area contributed by atoms with Gasteiger partial charge in [0, 0.05) is 28.9 Å². The van der Waals surface area contributed by atoms with E-state index in [4.69, 9.17) is 0 Å². The average Bonchev–Trinajstić information content (AvgIpc) is 3.01. The highest BCUT2D eigenvalue weighted by molar-refractivity contribution is 7.99. The van der Waals surface area contributed by atoms with E-state index < -0.39 is 0 Å². The van der Waals surface area contributed by atoms with E-state index in [-0.39, 0.29) is 17.5 Å². The van der Waals surface area contributed by atoms with Crippen LogP contribution in [0.25, 0.3) is 0 Å². The van der Waals surface area contributed by atoms with Crippen molar-refractivity contribution < 1.29 is 9.18 Å². The fourth-order valence-corrected chi connectivity index (χ4v) is 3.91. The van der Waals surface area contributed by atoms with Gasteiger partial charge < -0.3 is 5.32 Å². The van der Waals surface area contributed by atoms with Crippen molar-refractivity contribution in [3.63, 3.8) is 0 Å². The highest BCUT2D eigenvalue weighted by Gasteiger charge is 2.10. The molecule has 0 unspecified atom stereocenters. The molecular formula is C18H17FN4OS2. The minimum atomic E-state index is -0.253. The first-order valence-electron chi connectivity index (χ1n) is 7.92. The van der Waals surface area contributed by atoms with Gasteiger partial charge >= 0.3 is 0 Å². The van der Waals surface area contributed by atoms with Gasteiger partial charge in [-0.1, -0.05) is 23.9 Å². The molecule has 0 bridgehead atoms. The second-order valence-electron chi connectivity index (χ2n) is 5.71. The maximum atomic E-state index is 12.9. The molecule has 1 N–H and O–H groups in total. The first-order valence-corrected chi connectivity index (χ1v) is 9.72. The summed E-state index contributed by atoms with van der Waals surface area (Å²) >= 11 is 2.70. The monoisotopic (exact) mass is 388 g/mol. The molecule has 2 aromatic heterocycles. The molecule has 0 spiro atoms. The Bertz CT molecular complexity index is 892. The van der Waals surface area contributed by atoms with E-state index in [0.717, 1.165) is 21.8 Å². The minimum Gasteiger partial charge on any atom is -0.301 e. The summed E-state index contributed by atoms with van der Waals surface area (Å²) < 4.78 is 12.9. The molecule has 3 aromatic rings. The SMILES string of the molecule is Cc1cc(C)nc(SCC(=O)Nc2ncc(Cc3ccc(F)cc3)s2)n1. The van der Waals surface area contributed by atoms with Crippen LogP contribution in [-0.4, -0.2) is 26.6 Å². The predicted molar refractivity (Wildman–Crippen MR) is 102 cm³/mol. The van der Waals surface area contributed by atoms with Gasteiger partial charge in [-0.3, -0.25) is 4.79 Å². The third-order valence-corrected chi connectivity index (χ3v) is 5.15. The number of anilines is 1. The van der Waals surface area contributed by atoms with E-state index in [9.17, 15) is 9.18 Å². The minimum absolute atomic E-state index is 0.152. The standard InChI is InChI=1S/C18H17FN4OS2/c1-11-7-12(2)22-18(21-11)25-10-16(24)23-17-20-9-15(26-17)8-13-3-5-14(19)6-4-13/h3-7,9H,8,10H2,1-2H3,(H,20,23,24). The summed E-state index contributed by atoms with van der Waals surface area (Å²) in [5.41, 5.74) is 2.76. The Hall–Kier alpha value is -2.32. The summed E-state index contributed by atoms with van der Waals surface area (Å²) in [6.07, 6.45) is 2.38. The van der Waals surface area contributed by atoms with Crippen LogP contribution >= 0.6 is 23.1 Å². The predicted octanol–water partition coefficient (Wildman–Crippen LogP) is 4.01. The van der Waals surface area contributed by atoms with E-state index in [1.54, 1.807) is 18.3 Å². The van der Waals surface area contributed by atoms with Crippen LogP contribution in [0.15, 0.2) is 41.7 Å². The number of hydrogen-bond donors (Lipinski definition) is 1. The van der Waals surface area contributed by atoms with Gasteiger partial charge in [0.05, 0.1) is 5.75 Å². The van der Waals surface area contributed by atoms with Crippen LogP contribution in [0.3, 0.4) is 0 Å². The number of halogens is 1. The Balaban J connectivity index is 1.53. The van der Waals surface area contributed by atoms with Crippen molar-refractivity contribution in [3.8, 4) is 0 Å². The van der Waals surface area contributed by atoms with Gasteiger partial charge in [-0.25, -0.2) is 19.3 Å². The zero-order valence-corrected chi connectivity index (χ0v) is 16.0. The van der Waals surface area contributed by atoms with E-state index in [1.807, 2.05) is 19.9 Å². The second kappa shape index (κ2) is 8.37. The Morgan fingerprint density at radius 3 is 2.58 bits per heavy atom. The summed E-state index contributed by atoms with van der Waals surface area (Å²) in [5, 5.41) is 3.93. The molecule has 1 aromatic carbocycles. The van der Waals surface area contributed by atoms with Crippen molar-refractivity contribution in [1.29, 1.82) is 0 Å². The first-order chi connectivity index (χ1) is 12.5. The molecule has 0 fully saturated rings. The summed E-state index contributed by atoms with van der Waals surface area (Å²) in [5.74, 6) is -0.188. The van der Waals surface area contributed by atoms with Crippen molar-refractivity contribution in [2.75, 3.05) is 11.1 Å². The van der Waals surface area contributed by atoms with Crippen LogP contribution in [-0.2, 0) is 11.2 Å². The highest BCUT2D eigenvalue weighted by Crippen LogP contribution is 2.22. The fraction of sp³-hybridized carbons (Fsp3) is 0.222. The van der Waals surface area contributed by atoms with Crippen LogP contribution in [0.2, 0.25) is 0 Å². The third-order valence-electron chi connectivity index (χ3n) is 3.39. The van der Waals surface area contributed by atoms with Gasteiger partial charge in [-0.05, 0) is 37.6 Å². The molecule has 3 rings (SSSR count). The second-order valence-corrected chi connectivity index (χ2v) is 7.76. The largest absolute Gasteiger partial charge is 0.301 e. The van der Waals surface area contributed by atoms with Gasteiger partial charge in [-0.2, -0.15) is 0 Å². The smallest absolute Gasteiger partial charge is 0.236 e. The number of thiazole rings is 1. The number of amides is 1. The summed E-state index contributed by atoms with van der Waals surface area (Å²) in [6, 6.07) is 8.25. The van der Waals surface area contributed by atoms with Gasteiger partial charge in [0.1, 0.15) is 5.82 Å². The third kappa shape index (κ3) is 5.34. The number of hydrogen-bond acceptors (Lipinski definition) is 6. The quantitative estimate of drug-likeness (QED) is 0.510. The van der Waals surface area contributed by atoms with Crippen LogP contribution in [0, 0.1) is 19.7 Å². The molecule has 1 amide bonds. The number of nitrogens with one attached hydrogen (secondary N) is 1. The lowest BCUT2D eigenvalue weighted by Crippen LogP contribution is -2.14. The maximum absolute atomic E-state index is 12.9. The highest BCUT2D eigenvalue weighted by atomic mass is 32.2. The van der Waals surface area contributed by atoms with Crippen LogP contribution in [0.5, 0.6) is 0 Å². The lowest BCUT2D eigenvalue weighted by atomic mass is 10.1. The van der Waals surface area contributed by atoms with E-state index >= 15 is 0 Å². The molecule has 5 nitrogen and oxygen atoms in total. The van der Waals surface area contributed by atoms with E-state index in [2.05, 4.69) is 20.3 Å². The van der Waals surface area contributed by atoms with Crippen LogP contribution in [0.4, 0.5) is 9.52 Å². The zero-order chi connectivity index (χ0) is 18.5. The molecular weight excluding hydrogens is 371 g/mol. The molecule has 0 radical (unpaired) electrons. The Morgan fingerprint density at radius 2 is 1.88 bits per heavy atom. The molecule has 134 valence electrons. The van der Waals surface area contributed by atoms with Crippen molar-refractivity contribution in [2.24, 2.45) is 0 Å². The summed E-state index contributed by atoms with van der Waals surface area (Å²) in [6.45, 7) is 3.80. The number of nitrogens with zero attached hydrogens (tertiary/aromatic N) is 3. The molecule has 0 saturated heterocycles. The molecule has 0 aliphatic heterocycles. The molecule has 0 atom stereocenters. The van der Waals surface area contributed by atoms with Crippen molar-refractivity contribution in [1.82, 2.24) is 15.0 Å². The molecule has 0 aliphatic rings. The Labute approximate surface area is 159 Å². The topological polar surface area (TPSA) is 67.8 Å². The normalized spacial score (nSPS) is 10.7. The number of rotatable bonds is 6. The number of aromatic nitrogens is 3.